The average molecular weight is 291 g/mol. The van der Waals surface area contributed by atoms with Crippen LogP contribution in [0.2, 0.25) is 0 Å². The first-order valence-corrected chi connectivity index (χ1v) is 3.86. The van der Waals surface area contributed by atoms with Crippen molar-refractivity contribution in [1.82, 2.24) is 5.01 Å². The van der Waals surface area contributed by atoms with Gasteiger partial charge in [0.05, 0.1) is 0 Å². The largest absolute Gasteiger partial charge is 1.00 e. The highest BCUT2D eigenvalue weighted by molar-refractivity contribution is 5.74. The number of hydrazone groups is 1. The normalized spacial score (nSPS) is 9.77. The van der Waals surface area contributed by atoms with E-state index in [1.807, 2.05) is 56.3 Å². The van der Waals surface area contributed by atoms with Crippen molar-refractivity contribution in [3.63, 3.8) is 0 Å². The summed E-state index contributed by atoms with van der Waals surface area (Å²) in [6, 6.07) is 6.01. The number of rotatable bonds is 2. The number of hydrogen-bond acceptors (Lipinski definition) is 2. The highest BCUT2D eigenvalue weighted by Crippen LogP contribution is 1.86. The summed E-state index contributed by atoms with van der Waals surface area (Å²) in [5, 5.41) is 5.91. The highest BCUT2D eigenvalue weighted by atomic mass is 127. The first-order chi connectivity index (χ1) is 5.70. The van der Waals surface area contributed by atoms with E-state index >= 15 is 0 Å². The first-order valence-electron chi connectivity index (χ1n) is 3.86. The summed E-state index contributed by atoms with van der Waals surface area (Å²) >= 11 is 0. The molecule has 0 amide bonds. The molecule has 72 valence electrons. The van der Waals surface area contributed by atoms with Gasteiger partial charge in [-0.15, -0.1) is 0 Å². The highest BCUT2D eigenvalue weighted by Gasteiger charge is 1.98. The molecule has 1 rings (SSSR count). The standard InChI is InChI=1S/C9H14N3.HI/c1-11(2)10-8-9-6-4-5-7-12(9)3;/h4-8H,1-3H3;1H/q+1;/p-1. The smallest absolute Gasteiger partial charge is 0.225 e. The van der Waals surface area contributed by atoms with Gasteiger partial charge in [0, 0.05) is 26.2 Å². The number of halogens is 1. The van der Waals surface area contributed by atoms with Crippen molar-refractivity contribution in [2.45, 2.75) is 0 Å². The molecule has 1 aromatic heterocycles. The summed E-state index contributed by atoms with van der Waals surface area (Å²) in [6.07, 6.45) is 3.83. The van der Waals surface area contributed by atoms with Crippen LogP contribution in [0.5, 0.6) is 0 Å². The molecule has 1 aromatic rings. The Morgan fingerprint density at radius 3 is 2.62 bits per heavy atom. The second-order valence-electron chi connectivity index (χ2n) is 2.83. The molecular formula is C9H14IN3. The Balaban J connectivity index is 0.00000144. The van der Waals surface area contributed by atoms with Gasteiger partial charge in [-0.05, 0) is 6.07 Å². The van der Waals surface area contributed by atoms with Gasteiger partial charge in [-0.2, -0.15) is 5.10 Å². The molecule has 4 heteroatoms. The average Bonchev–Trinajstić information content (AvgIpc) is 2.03. The van der Waals surface area contributed by atoms with Crippen LogP contribution in [-0.4, -0.2) is 25.3 Å². The minimum Gasteiger partial charge on any atom is -1.00 e. The molecule has 0 bridgehead atoms. The van der Waals surface area contributed by atoms with Crippen molar-refractivity contribution in [1.29, 1.82) is 0 Å². The van der Waals surface area contributed by atoms with E-state index in [4.69, 9.17) is 0 Å². The molecule has 1 heterocycles. The van der Waals surface area contributed by atoms with Gasteiger partial charge in [0.25, 0.3) is 0 Å². The zero-order valence-corrected chi connectivity index (χ0v) is 10.3. The Bertz CT molecular complexity index is 284. The maximum absolute atomic E-state index is 4.14. The molecule has 0 aromatic carbocycles. The summed E-state index contributed by atoms with van der Waals surface area (Å²) in [7, 11) is 5.80. The number of aromatic nitrogens is 1. The van der Waals surface area contributed by atoms with Gasteiger partial charge in [0.1, 0.15) is 13.3 Å². The fraction of sp³-hybridized carbons (Fsp3) is 0.333. The van der Waals surface area contributed by atoms with Crippen LogP contribution < -0.4 is 28.5 Å². The van der Waals surface area contributed by atoms with Crippen LogP contribution in [0, 0.1) is 0 Å². The minimum absolute atomic E-state index is 0. The molecule has 0 aliphatic rings. The van der Waals surface area contributed by atoms with Crippen LogP contribution in [0.3, 0.4) is 0 Å². The van der Waals surface area contributed by atoms with Gasteiger partial charge < -0.3 is 29.0 Å². The van der Waals surface area contributed by atoms with Crippen LogP contribution in [0.25, 0.3) is 0 Å². The molecule has 0 atom stereocenters. The Labute approximate surface area is 96.1 Å². The number of aryl methyl sites for hydroxylation is 1. The molecule has 3 nitrogen and oxygen atoms in total. The van der Waals surface area contributed by atoms with Gasteiger partial charge in [0.2, 0.25) is 5.69 Å². The Morgan fingerprint density at radius 1 is 1.38 bits per heavy atom. The van der Waals surface area contributed by atoms with Crippen LogP contribution in [0.15, 0.2) is 29.5 Å². The lowest BCUT2D eigenvalue weighted by atomic mass is 10.4. The predicted octanol–water partition coefficient (Wildman–Crippen LogP) is -2.59. The molecule has 0 fully saturated rings. The molecular weight excluding hydrogens is 277 g/mol. The maximum Gasteiger partial charge on any atom is 0.225 e. The summed E-state index contributed by atoms with van der Waals surface area (Å²) < 4.78 is 2.02. The van der Waals surface area contributed by atoms with Crippen LogP contribution in [0.1, 0.15) is 5.69 Å². The van der Waals surface area contributed by atoms with E-state index in [1.54, 1.807) is 5.01 Å². The van der Waals surface area contributed by atoms with E-state index in [0.717, 1.165) is 5.69 Å². The molecule has 0 aliphatic carbocycles. The molecule has 13 heavy (non-hydrogen) atoms. The van der Waals surface area contributed by atoms with E-state index < -0.39 is 0 Å². The summed E-state index contributed by atoms with van der Waals surface area (Å²) in [4.78, 5) is 0. The monoisotopic (exact) mass is 291 g/mol. The lowest BCUT2D eigenvalue weighted by Gasteiger charge is -2.00. The van der Waals surface area contributed by atoms with Crippen molar-refractivity contribution in [3.8, 4) is 0 Å². The van der Waals surface area contributed by atoms with E-state index in [2.05, 4.69) is 5.10 Å². The summed E-state index contributed by atoms with van der Waals surface area (Å²) in [6.45, 7) is 0. The number of hydrogen-bond donors (Lipinski definition) is 0. The number of nitrogens with zero attached hydrogens (tertiary/aromatic N) is 3. The lowest BCUT2D eigenvalue weighted by Crippen LogP contribution is -3.00. The third-order valence-electron chi connectivity index (χ3n) is 1.52. The van der Waals surface area contributed by atoms with Crippen molar-refractivity contribution >= 4 is 6.21 Å². The van der Waals surface area contributed by atoms with Gasteiger partial charge >= 0.3 is 0 Å². The summed E-state index contributed by atoms with van der Waals surface area (Å²) in [5.41, 5.74) is 1.09. The van der Waals surface area contributed by atoms with Crippen molar-refractivity contribution in [2.24, 2.45) is 12.1 Å². The third-order valence-corrected chi connectivity index (χ3v) is 1.52. The second kappa shape index (κ2) is 5.90. The van der Waals surface area contributed by atoms with Crippen molar-refractivity contribution in [2.75, 3.05) is 14.1 Å². The van der Waals surface area contributed by atoms with Gasteiger partial charge in [-0.1, -0.05) is 0 Å². The zero-order chi connectivity index (χ0) is 8.97. The van der Waals surface area contributed by atoms with Crippen LogP contribution in [0.4, 0.5) is 0 Å². The fourth-order valence-corrected chi connectivity index (χ4v) is 0.845. The van der Waals surface area contributed by atoms with Gasteiger partial charge in [0.15, 0.2) is 6.20 Å². The van der Waals surface area contributed by atoms with Gasteiger partial charge in [-0.3, -0.25) is 0 Å². The quantitative estimate of drug-likeness (QED) is 0.253. The first kappa shape index (κ1) is 12.3. The van der Waals surface area contributed by atoms with E-state index in [-0.39, 0.29) is 24.0 Å². The van der Waals surface area contributed by atoms with Gasteiger partial charge in [-0.25, -0.2) is 4.57 Å². The van der Waals surface area contributed by atoms with Crippen molar-refractivity contribution < 1.29 is 28.5 Å². The van der Waals surface area contributed by atoms with Crippen LogP contribution >= 0.6 is 0 Å². The number of pyridine rings is 1. The second-order valence-corrected chi connectivity index (χ2v) is 2.83. The zero-order valence-electron chi connectivity index (χ0n) is 8.11. The molecule has 0 radical (unpaired) electrons. The predicted molar refractivity (Wildman–Crippen MR) is 48.9 cm³/mol. The molecule has 0 saturated heterocycles. The Kier molecular flexibility index (Phi) is 5.61. The lowest BCUT2D eigenvalue weighted by molar-refractivity contribution is -0.672. The topological polar surface area (TPSA) is 19.5 Å². The molecule has 0 N–H and O–H groups in total. The Morgan fingerprint density at radius 2 is 2.08 bits per heavy atom. The molecule has 0 spiro atoms. The molecule has 0 aliphatic heterocycles. The minimum atomic E-state index is 0. The SMILES string of the molecule is CN(C)/N=C/c1cccc[n+]1C.[I-]. The molecule has 0 saturated carbocycles. The maximum atomic E-state index is 4.14. The van der Waals surface area contributed by atoms with Crippen LogP contribution in [-0.2, 0) is 7.05 Å². The fourth-order valence-electron chi connectivity index (χ4n) is 0.845. The summed E-state index contributed by atoms with van der Waals surface area (Å²) in [5.74, 6) is 0. The third kappa shape index (κ3) is 4.21. The van der Waals surface area contributed by atoms with E-state index in [9.17, 15) is 0 Å². The Hall–Kier alpha value is -0.650. The van der Waals surface area contributed by atoms with E-state index in [1.165, 1.54) is 0 Å². The van der Waals surface area contributed by atoms with E-state index in [0.29, 0.717) is 0 Å². The molecule has 0 unspecified atom stereocenters. The van der Waals surface area contributed by atoms with Crippen molar-refractivity contribution in [3.05, 3.63) is 30.1 Å².